The second-order valence-electron chi connectivity index (χ2n) is 5.24. The summed E-state index contributed by atoms with van der Waals surface area (Å²) in [6.07, 6.45) is 2.80. The predicted octanol–water partition coefficient (Wildman–Crippen LogP) is 1.20. The van der Waals surface area contributed by atoms with Crippen LogP contribution >= 0.6 is 11.3 Å². The number of aromatic nitrogens is 2. The first-order chi connectivity index (χ1) is 11.1. The first kappa shape index (κ1) is 15.6. The zero-order valence-electron chi connectivity index (χ0n) is 12.1. The van der Waals surface area contributed by atoms with Crippen molar-refractivity contribution in [1.82, 2.24) is 15.3 Å². The van der Waals surface area contributed by atoms with Gasteiger partial charge in [-0.25, -0.2) is 19.2 Å². The van der Waals surface area contributed by atoms with E-state index in [2.05, 4.69) is 15.3 Å². The van der Waals surface area contributed by atoms with E-state index in [0.717, 1.165) is 16.6 Å². The number of amides is 1. The number of fused-ring (bicyclic) bond motifs is 1. The van der Waals surface area contributed by atoms with E-state index in [1.165, 1.54) is 17.7 Å². The van der Waals surface area contributed by atoms with E-state index in [1.807, 2.05) is 16.3 Å². The number of carbonyl (C=O) groups excluding carboxylic acids is 1. The van der Waals surface area contributed by atoms with Crippen molar-refractivity contribution in [2.24, 2.45) is 0 Å². The zero-order valence-corrected chi connectivity index (χ0v) is 12.9. The van der Waals surface area contributed by atoms with Crippen molar-refractivity contribution in [3.8, 4) is 0 Å². The fourth-order valence-corrected chi connectivity index (χ4v) is 3.46. The van der Waals surface area contributed by atoms with Crippen molar-refractivity contribution in [3.05, 3.63) is 17.8 Å². The topological polar surface area (TPSA) is 95.4 Å². The van der Waals surface area contributed by atoms with Crippen molar-refractivity contribution < 1.29 is 19.1 Å². The normalized spacial score (nSPS) is 19.0. The van der Waals surface area contributed by atoms with E-state index in [1.54, 1.807) is 0 Å². The minimum absolute atomic E-state index is 0.491. The van der Waals surface area contributed by atoms with Crippen LogP contribution in [0.4, 0.5) is 10.2 Å². The van der Waals surface area contributed by atoms with Crippen LogP contribution in [0.25, 0.3) is 10.2 Å². The molecule has 2 aromatic heterocycles. The number of carboxylic acids is 1. The summed E-state index contributed by atoms with van der Waals surface area (Å²) in [5, 5.41) is 13.9. The number of halogens is 1. The van der Waals surface area contributed by atoms with E-state index in [4.69, 9.17) is 5.11 Å². The van der Waals surface area contributed by atoms with Crippen molar-refractivity contribution in [2.45, 2.75) is 24.9 Å². The van der Waals surface area contributed by atoms with Crippen LogP contribution in [0.15, 0.2) is 17.8 Å². The monoisotopic (exact) mass is 338 g/mol. The fourth-order valence-electron chi connectivity index (χ4n) is 2.73. The molecule has 0 bridgehead atoms. The zero-order chi connectivity index (χ0) is 16.4. The smallest absolute Gasteiger partial charge is 0.328 e. The number of carboxylic acid groups (broad SMARTS) is 1. The first-order valence-corrected chi connectivity index (χ1v) is 8.03. The van der Waals surface area contributed by atoms with Crippen LogP contribution in [-0.4, -0.2) is 52.3 Å². The number of anilines is 1. The average molecular weight is 338 g/mol. The molecular weight excluding hydrogens is 323 g/mol. The van der Waals surface area contributed by atoms with Crippen LogP contribution in [0.5, 0.6) is 0 Å². The number of rotatable bonds is 5. The van der Waals surface area contributed by atoms with Gasteiger partial charge < -0.3 is 15.3 Å². The fraction of sp³-hybridized carbons (Fsp3) is 0.429. The van der Waals surface area contributed by atoms with E-state index in [-0.39, 0.29) is 0 Å². The summed E-state index contributed by atoms with van der Waals surface area (Å²) >= 11 is 1.48. The van der Waals surface area contributed by atoms with Gasteiger partial charge in [-0.1, -0.05) is 0 Å². The Labute approximate surface area is 135 Å². The Morgan fingerprint density at radius 3 is 3.09 bits per heavy atom. The minimum Gasteiger partial charge on any atom is -0.480 e. The van der Waals surface area contributed by atoms with Crippen LogP contribution in [0.1, 0.15) is 12.8 Å². The van der Waals surface area contributed by atoms with Crippen molar-refractivity contribution >= 4 is 39.2 Å². The average Bonchev–Trinajstić information content (AvgIpc) is 3.20. The minimum atomic E-state index is -1.52. The Kier molecular flexibility index (Phi) is 4.37. The first-order valence-electron chi connectivity index (χ1n) is 7.16. The Balaban J connectivity index is 1.84. The lowest BCUT2D eigenvalue weighted by Crippen LogP contribution is -2.50. The molecular formula is C14H15FN4O3S. The molecule has 122 valence electrons. The Hall–Kier alpha value is -2.29. The van der Waals surface area contributed by atoms with E-state index in [0.29, 0.717) is 18.8 Å². The van der Waals surface area contributed by atoms with Gasteiger partial charge in [-0.05, 0) is 24.3 Å². The molecule has 1 fully saturated rings. The van der Waals surface area contributed by atoms with Gasteiger partial charge in [0.1, 0.15) is 29.7 Å². The van der Waals surface area contributed by atoms with Gasteiger partial charge in [0.15, 0.2) is 6.04 Å². The van der Waals surface area contributed by atoms with Crippen molar-refractivity contribution in [1.29, 1.82) is 0 Å². The van der Waals surface area contributed by atoms with Gasteiger partial charge in [0.2, 0.25) is 5.91 Å². The molecule has 2 aromatic rings. The maximum Gasteiger partial charge on any atom is 0.328 e. The molecule has 23 heavy (non-hydrogen) atoms. The van der Waals surface area contributed by atoms with Crippen LogP contribution in [-0.2, 0) is 9.59 Å². The van der Waals surface area contributed by atoms with E-state index >= 15 is 0 Å². The number of hydrogen-bond acceptors (Lipinski definition) is 6. The van der Waals surface area contributed by atoms with E-state index < -0.39 is 30.6 Å². The Bertz CT molecular complexity index is 738. The van der Waals surface area contributed by atoms with E-state index in [9.17, 15) is 14.0 Å². The number of nitrogens with zero attached hydrogens (tertiary/aromatic N) is 3. The van der Waals surface area contributed by atoms with Gasteiger partial charge in [0.05, 0.1) is 5.39 Å². The molecule has 7 nitrogen and oxygen atoms in total. The van der Waals surface area contributed by atoms with Crippen molar-refractivity contribution in [3.63, 3.8) is 0 Å². The summed E-state index contributed by atoms with van der Waals surface area (Å²) in [7, 11) is 0. The number of thiophene rings is 1. The second kappa shape index (κ2) is 6.45. The highest BCUT2D eigenvalue weighted by molar-refractivity contribution is 7.16. The lowest BCUT2D eigenvalue weighted by atomic mass is 10.2. The highest BCUT2D eigenvalue weighted by Crippen LogP contribution is 2.31. The van der Waals surface area contributed by atoms with Gasteiger partial charge >= 0.3 is 5.97 Å². The molecule has 0 aliphatic carbocycles. The molecule has 2 atom stereocenters. The summed E-state index contributed by atoms with van der Waals surface area (Å²) in [6.45, 7) is -0.510. The molecule has 2 N–H and O–H groups in total. The summed E-state index contributed by atoms with van der Waals surface area (Å²) in [5.41, 5.74) is 0. The number of aliphatic carboxylic acids is 1. The van der Waals surface area contributed by atoms with Crippen molar-refractivity contribution in [2.75, 3.05) is 18.1 Å². The third kappa shape index (κ3) is 2.96. The molecule has 3 heterocycles. The quantitative estimate of drug-likeness (QED) is 0.850. The third-order valence-electron chi connectivity index (χ3n) is 3.84. The molecule has 1 amide bonds. The van der Waals surface area contributed by atoms with Gasteiger partial charge in [-0.2, -0.15) is 0 Å². The number of alkyl halides is 1. The third-order valence-corrected chi connectivity index (χ3v) is 4.66. The molecule has 0 saturated carbocycles. The predicted molar refractivity (Wildman–Crippen MR) is 83.3 cm³/mol. The Morgan fingerprint density at radius 2 is 2.35 bits per heavy atom. The van der Waals surface area contributed by atoms with Crippen LogP contribution in [0, 0.1) is 0 Å². The molecule has 0 spiro atoms. The summed E-state index contributed by atoms with van der Waals surface area (Å²) in [5.74, 6) is -1.22. The summed E-state index contributed by atoms with van der Waals surface area (Å²) in [6, 6.07) is -0.178. The highest BCUT2D eigenvalue weighted by Gasteiger charge is 2.34. The lowest BCUT2D eigenvalue weighted by Gasteiger charge is -2.26. The SMILES string of the molecule is O=C(O)C(CF)NC(=O)C1CCCN1c1ncnc2sccc12. The number of carbonyl (C=O) groups is 2. The molecule has 9 heteroatoms. The summed E-state index contributed by atoms with van der Waals surface area (Å²) < 4.78 is 12.7. The molecule has 2 unspecified atom stereocenters. The number of hydrogen-bond donors (Lipinski definition) is 2. The molecule has 0 aromatic carbocycles. The lowest BCUT2D eigenvalue weighted by molar-refractivity contribution is -0.142. The maximum absolute atomic E-state index is 12.7. The largest absolute Gasteiger partial charge is 0.480 e. The molecule has 0 radical (unpaired) electrons. The summed E-state index contributed by atoms with van der Waals surface area (Å²) in [4.78, 5) is 34.4. The van der Waals surface area contributed by atoms with Crippen LogP contribution in [0.3, 0.4) is 0 Å². The van der Waals surface area contributed by atoms with Gasteiger partial charge in [0, 0.05) is 6.54 Å². The molecule has 1 saturated heterocycles. The Morgan fingerprint density at radius 1 is 1.52 bits per heavy atom. The van der Waals surface area contributed by atoms with Crippen LogP contribution < -0.4 is 10.2 Å². The van der Waals surface area contributed by atoms with Gasteiger partial charge in [-0.15, -0.1) is 11.3 Å². The van der Waals surface area contributed by atoms with Gasteiger partial charge in [-0.3, -0.25) is 4.79 Å². The van der Waals surface area contributed by atoms with Gasteiger partial charge in [0.25, 0.3) is 0 Å². The van der Waals surface area contributed by atoms with Crippen LogP contribution in [0.2, 0.25) is 0 Å². The maximum atomic E-state index is 12.7. The molecule has 1 aliphatic heterocycles. The molecule has 1 aliphatic rings. The standard InChI is InChI=1S/C14H15FN4O3S/c15-6-9(14(21)22)18-12(20)10-2-1-4-19(10)11-8-3-5-23-13(8)17-7-16-11/h3,5,7,9-10H,1-2,4,6H2,(H,18,20)(H,21,22). The molecule has 3 rings (SSSR count). The highest BCUT2D eigenvalue weighted by atomic mass is 32.1. The second-order valence-corrected chi connectivity index (χ2v) is 6.14. The number of nitrogens with one attached hydrogen (secondary N) is 1.